The van der Waals surface area contributed by atoms with Crippen LogP contribution in [0.2, 0.25) is 0 Å². The van der Waals surface area contributed by atoms with Crippen LogP contribution in [0.5, 0.6) is 0 Å². The monoisotopic (exact) mass is 262 g/mol. The lowest BCUT2D eigenvalue weighted by Crippen LogP contribution is -2.42. The smallest absolute Gasteiger partial charge is 0.320 e. The van der Waals surface area contributed by atoms with Crippen molar-refractivity contribution in [2.24, 2.45) is 0 Å². The largest absolute Gasteiger partial charge is 0.480 e. The predicted octanol–water partition coefficient (Wildman–Crippen LogP) is 1.91. The number of hydrogen-bond acceptors (Lipinski definition) is 3. The minimum atomic E-state index is -0.803. The van der Waals surface area contributed by atoms with Crippen LogP contribution in [0.3, 0.4) is 0 Å². The van der Waals surface area contributed by atoms with Gasteiger partial charge in [0.05, 0.1) is 0 Å². The van der Waals surface area contributed by atoms with Crippen molar-refractivity contribution in [3.63, 3.8) is 0 Å². The molecule has 0 bridgehead atoms. The van der Waals surface area contributed by atoms with E-state index in [-0.39, 0.29) is 11.9 Å². The van der Waals surface area contributed by atoms with Crippen molar-refractivity contribution < 1.29 is 14.7 Å². The molecule has 102 valence electrons. The van der Waals surface area contributed by atoms with E-state index in [9.17, 15) is 9.59 Å². The van der Waals surface area contributed by atoms with Crippen molar-refractivity contribution in [1.29, 1.82) is 0 Å². The van der Waals surface area contributed by atoms with Crippen LogP contribution in [0.4, 0.5) is 5.69 Å². The maximum absolute atomic E-state index is 11.0. The van der Waals surface area contributed by atoms with Gasteiger partial charge in [-0.2, -0.15) is 0 Å². The van der Waals surface area contributed by atoms with E-state index in [0.717, 1.165) is 24.1 Å². The van der Waals surface area contributed by atoms with Gasteiger partial charge in [-0.15, -0.1) is 0 Å². The number of carboxylic acids is 1. The molecule has 2 rings (SSSR count). The molecule has 0 aliphatic carbocycles. The second kappa shape index (κ2) is 5.84. The average molecular weight is 262 g/mol. The van der Waals surface area contributed by atoms with Crippen molar-refractivity contribution in [2.45, 2.75) is 38.3 Å². The lowest BCUT2D eigenvalue weighted by molar-refractivity contribution is -0.140. The van der Waals surface area contributed by atoms with Gasteiger partial charge in [-0.3, -0.25) is 14.9 Å². The fourth-order valence-corrected chi connectivity index (χ4v) is 2.43. The molecule has 0 spiro atoms. The van der Waals surface area contributed by atoms with Crippen molar-refractivity contribution in [3.8, 4) is 0 Å². The first-order chi connectivity index (χ1) is 9.06. The molecule has 1 aliphatic rings. The summed E-state index contributed by atoms with van der Waals surface area (Å²) in [6.07, 6.45) is 2.46. The number of carbonyl (C=O) groups is 2. The van der Waals surface area contributed by atoms with E-state index in [1.807, 2.05) is 24.3 Å². The number of anilines is 1. The Morgan fingerprint density at radius 1 is 1.37 bits per heavy atom. The minimum Gasteiger partial charge on any atom is -0.480 e. The van der Waals surface area contributed by atoms with Crippen molar-refractivity contribution in [3.05, 3.63) is 29.8 Å². The van der Waals surface area contributed by atoms with E-state index in [1.165, 1.54) is 6.92 Å². The topological polar surface area (TPSA) is 78.4 Å². The van der Waals surface area contributed by atoms with Gasteiger partial charge in [-0.1, -0.05) is 12.1 Å². The Balaban J connectivity index is 2.12. The van der Waals surface area contributed by atoms with Gasteiger partial charge >= 0.3 is 5.97 Å². The van der Waals surface area contributed by atoms with E-state index in [0.29, 0.717) is 6.42 Å². The molecule has 1 heterocycles. The second-order valence-electron chi connectivity index (χ2n) is 4.85. The molecule has 0 radical (unpaired) electrons. The number of carboxylic acid groups (broad SMARTS) is 1. The summed E-state index contributed by atoms with van der Waals surface area (Å²) in [7, 11) is 0. The number of benzene rings is 1. The van der Waals surface area contributed by atoms with Crippen LogP contribution in [0, 0.1) is 0 Å². The molecule has 2 atom stereocenters. The first kappa shape index (κ1) is 13.5. The number of hydrogen-bond donors (Lipinski definition) is 3. The van der Waals surface area contributed by atoms with Crippen molar-refractivity contribution in [2.75, 3.05) is 5.32 Å². The first-order valence-corrected chi connectivity index (χ1v) is 6.42. The standard InChI is InChI=1S/C14H18N2O3/c1-9(17)15-11-5-2-4-10(8-11)12-6-3-7-13(16-12)14(18)19/h2,4-5,8,12-13,16H,3,6-7H2,1H3,(H,15,17)(H,18,19). The van der Waals surface area contributed by atoms with Gasteiger partial charge in [-0.05, 0) is 37.0 Å². The number of aliphatic carboxylic acids is 1. The maximum Gasteiger partial charge on any atom is 0.320 e. The molecule has 2 unspecified atom stereocenters. The Morgan fingerprint density at radius 2 is 2.16 bits per heavy atom. The van der Waals surface area contributed by atoms with Gasteiger partial charge in [0.25, 0.3) is 0 Å². The molecule has 0 aromatic heterocycles. The number of nitrogens with one attached hydrogen (secondary N) is 2. The highest BCUT2D eigenvalue weighted by Gasteiger charge is 2.26. The third kappa shape index (κ3) is 3.54. The van der Waals surface area contributed by atoms with Gasteiger partial charge in [0, 0.05) is 18.7 Å². The SMILES string of the molecule is CC(=O)Nc1cccc(C2CCCC(C(=O)O)N2)c1. The Bertz CT molecular complexity index is 487. The zero-order valence-electron chi connectivity index (χ0n) is 10.8. The van der Waals surface area contributed by atoms with Crippen LogP contribution in [-0.4, -0.2) is 23.0 Å². The Hall–Kier alpha value is -1.88. The number of amides is 1. The summed E-state index contributed by atoms with van der Waals surface area (Å²) in [6.45, 7) is 1.46. The molecular weight excluding hydrogens is 244 g/mol. The molecule has 1 aromatic carbocycles. The predicted molar refractivity (Wildman–Crippen MR) is 71.9 cm³/mol. The van der Waals surface area contributed by atoms with Crippen LogP contribution in [-0.2, 0) is 9.59 Å². The van der Waals surface area contributed by atoms with Crippen LogP contribution < -0.4 is 10.6 Å². The summed E-state index contributed by atoms with van der Waals surface area (Å²) in [4.78, 5) is 22.1. The molecule has 5 heteroatoms. The normalized spacial score (nSPS) is 22.8. The molecule has 1 aliphatic heterocycles. The third-order valence-corrected chi connectivity index (χ3v) is 3.30. The molecule has 1 fully saturated rings. The van der Waals surface area contributed by atoms with E-state index < -0.39 is 12.0 Å². The van der Waals surface area contributed by atoms with Gasteiger partial charge in [0.15, 0.2) is 0 Å². The van der Waals surface area contributed by atoms with E-state index in [2.05, 4.69) is 10.6 Å². The van der Waals surface area contributed by atoms with E-state index in [4.69, 9.17) is 5.11 Å². The zero-order chi connectivity index (χ0) is 13.8. The van der Waals surface area contributed by atoms with Crippen LogP contribution >= 0.6 is 0 Å². The molecule has 1 saturated heterocycles. The maximum atomic E-state index is 11.0. The first-order valence-electron chi connectivity index (χ1n) is 6.42. The van der Waals surface area contributed by atoms with Gasteiger partial charge in [0.1, 0.15) is 6.04 Å². The van der Waals surface area contributed by atoms with Crippen molar-refractivity contribution in [1.82, 2.24) is 5.32 Å². The summed E-state index contributed by atoms with van der Waals surface area (Å²) >= 11 is 0. The van der Waals surface area contributed by atoms with Gasteiger partial charge in [-0.25, -0.2) is 0 Å². The summed E-state index contributed by atoms with van der Waals surface area (Å²) in [5, 5.41) is 14.9. The molecule has 1 aromatic rings. The summed E-state index contributed by atoms with van der Waals surface area (Å²) in [6, 6.07) is 7.08. The van der Waals surface area contributed by atoms with Gasteiger partial charge < -0.3 is 10.4 Å². The van der Waals surface area contributed by atoms with Crippen LogP contribution in [0.15, 0.2) is 24.3 Å². The zero-order valence-corrected chi connectivity index (χ0v) is 10.8. The van der Waals surface area contributed by atoms with Gasteiger partial charge in [0.2, 0.25) is 5.91 Å². The lowest BCUT2D eigenvalue weighted by atomic mass is 9.93. The molecule has 3 N–H and O–H groups in total. The highest BCUT2D eigenvalue weighted by molar-refractivity contribution is 5.88. The average Bonchev–Trinajstić information content (AvgIpc) is 2.38. The van der Waals surface area contributed by atoms with Crippen LogP contribution in [0.25, 0.3) is 0 Å². The number of carbonyl (C=O) groups excluding carboxylic acids is 1. The number of rotatable bonds is 3. The highest BCUT2D eigenvalue weighted by Crippen LogP contribution is 2.27. The summed E-state index contributed by atoms with van der Waals surface area (Å²) in [5.41, 5.74) is 1.75. The van der Waals surface area contributed by atoms with E-state index in [1.54, 1.807) is 0 Å². The Kier molecular flexibility index (Phi) is 4.16. The summed E-state index contributed by atoms with van der Waals surface area (Å²) < 4.78 is 0. The van der Waals surface area contributed by atoms with E-state index >= 15 is 0 Å². The minimum absolute atomic E-state index is 0.0311. The fraction of sp³-hybridized carbons (Fsp3) is 0.429. The highest BCUT2D eigenvalue weighted by atomic mass is 16.4. The number of piperidine rings is 1. The third-order valence-electron chi connectivity index (χ3n) is 3.30. The quantitative estimate of drug-likeness (QED) is 0.777. The molecule has 19 heavy (non-hydrogen) atoms. The second-order valence-corrected chi connectivity index (χ2v) is 4.85. The Labute approximate surface area is 112 Å². The van der Waals surface area contributed by atoms with Crippen molar-refractivity contribution >= 4 is 17.6 Å². The fourth-order valence-electron chi connectivity index (χ4n) is 2.43. The molecular formula is C14H18N2O3. The molecule has 5 nitrogen and oxygen atoms in total. The Morgan fingerprint density at radius 3 is 2.84 bits per heavy atom. The summed E-state index contributed by atoms with van der Waals surface area (Å²) in [5.74, 6) is -0.917. The lowest BCUT2D eigenvalue weighted by Gasteiger charge is -2.29. The molecule has 0 saturated carbocycles. The van der Waals surface area contributed by atoms with Crippen LogP contribution in [0.1, 0.15) is 37.8 Å². The molecule has 1 amide bonds.